The summed E-state index contributed by atoms with van der Waals surface area (Å²) in [6.07, 6.45) is 0.449. The van der Waals surface area contributed by atoms with Crippen molar-refractivity contribution in [1.29, 1.82) is 0 Å². The quantitative estimate of drug-likeness (QED) is 0.797. The molecule has 0 heterocycles. The van der Waals surface area contributed by atoms with Crippen molar-refractivity contribution in [1.82, 2.24) is 0 Å². The molecule has 16 heavy (non-hydrogen) atoms. The lowest BCUT2D eigenvalue weighted by atomic mass is 9.83. The molecule has 1 N–H and O–H groups in total. The summed E-state index contributed by atoms with van der Waals surface area (Å²) in [6.45, 7) is 12.9. The highest BCUT2D eigenvalue weighted by Gasteiger charge is 2.18. The van der Waals surface area contributed by atoms with Crippen molar-refractivity contribution in [2.45, 2.75) is 59.5 Å². The van der Waals surface area contributed by atoms with E-state index in [1.165, 1.54) is 16.7 Å². The van der Waals surface area contributed by atoms with Gasteiger partial charge in [0, 0.05) is 0 Å². The van der Waals surface area contributed by atoms with Crippen molar-refractivity contribution in [2.24, 2.45) is 0 Å². The second-order valence-electron chi connectivity index (χ2n) is 5.70. The Labute approximate surface area is 99.5 Å². The Morgan fingerprint density at radius 1 is 1.12 bits per heavy atom. The standard InChI is InChI=1S/C15H24O/c1-7-13(16)14-10(2)8-12(9-11(14)3)15(4,5)6/h8-9,13,16H,7H2,1-6H3. The fourth-order valence-electron chi connectivity index (χ4n) is 2.14. The summed E-state index contributed by atoms with van der Waals surface area (Å²) >= 11 is 0. The molecule has 1 unspecified atom stereocenters. The zero-order valence-electron chi connectivity index (χ0n) is 11.4. The van der Waals surface area contributed by atoms with E-state index in [1.807, 2.05) is 6.92 Å². The minimum atomic E-state index is -0.325. The molecule has 0 bridgehead atoms. The van der Waals surface area contributed by atoms with Crippen molar-refractivity contribution in [3.63, 3.8) is 0 Å². The van der Waals surface area contributed by atoms with Crippen LogP contribution < -0.4 is 0 Å². The van der Waals surface area contributed by atoms with Gasteiger partial charge in [0.25, 0.3) is 0 Å². The van der Waals surface area contributed by atoms with Gasteiger partial charge in [-0.25, -0.2) is 0 Å². The van der Waals surface area contributed by atoms with Gasteiger partial charge in [0.2, 0.25) is 0 Å². The van der Waals surface area contributed by atoms with E-state index in [-0.39, 0.29) is 11.5 Å². The van der Waals surface area contributed by atoms with E-state index < -0.39 is 0 Å². The van der Waals surface area contributed by atoms with E-state index in [4.69, 9.17) is 0 Å². The van der Waals surface area contributed by atoms with E-state index in [9.17, 15) is 5.11 Å². The zero-order valence-corrected chi connectivity index (χ0v) is 11.4. The Morgan fingerprint density at radius 3 is 1.88 bits per heavy atom. The molecule has 0 amide bonds. The van der Waals surface area contributed by atoms with Gasteiger partial charge in [0.15, 0.2) is 0 Å². The molecular weight excluding hydrogens is 196 g/mol. The van der Waals surface area contributed by atoms with Crippen molar-refractivity contribution in [2.75, 3.05) is 0 Å². The van der Waals surface area contributed by atoms with Gasteiger partial charge in [-0.15, -0.1) is 0 Å². The molecule has 0 saturated carbocycles. The van der Waals surface area contributed by atoms with Crippen LogP contribution in [0.3, 0.4) is 0 Å². The summed E-state index contributed by atoms with van der Waals surface area (Å²) in [5, 5.41) is 9.98. The Bertz CT molecular complexity index is 349. The van der Waals surface area contributed by atoms with Crippen molar-refractivity contribution >= 4 is 0 Å². The van der Waals surface area contributed by atoms with E-state index in [2.05, 4.69) is 46.8 Å². The first-order chi connectivity index (χ1) is 7.27. The van der Waals surface area contributed by atoms with Crippen LogP contribution in [0.2, 0.25) is 0 Å². The third-order valence-electron chi connectivity index (χ3n) is 3.18. The Kier molecular flexibility index (Phi) is 3.80. The zero-order chi connectivity index (χ0) is 12.5. The minimum Gasteiger partial charge on any atom is -0.388 e. The molecule has 0 aliphatic rings. The molecule has 0 radical (unpaired) electrons. The predicted octanol–water partition coefficient (Wildman–Crippen LogP) is 4.04. The lowest BCUT2D eigenvalue weighted by Crippen LogP contribution is -2.13. The van der Waals surface area contributed by atoms with Crippen LogP contribution in [0, 0.1) is 13.8 Å². The van der Waals surface area contributed by atoms with Crippen LogP contribution in [0.5, 0.6) is 0 Å². The van der Waals surface area contributed by atoms with Crippen LogP contribution in [-0.2, 0) is 5.41 Å². The third kappa shape index (κ3) is 2.65. The lowest BCUT2D eigenvalue weighted by Gasteiger charge is -2.23. The first-order valence-electron chi connectivity index (χ1n) is 6.07. The maximum absolute atomic E-state index is 9.98. The molecule has 1 atom stereocenters. The highest BCUT2D eigenvalue weighted by atomic mass is 16.3. The summed E-state index contributed by atoms with van der Waals surface area (Å²) in [7, 11) is 0. The second kappa shape index (κ2) is 4.58. The van der Waals surface area contributed by atoms with Gasteiger partial charge >= 0.3 is 0 Å². The molecular formula is C15H24O. The van der Waals surface area contributed by atoms with Gasteiger partial charge < -0.3 is 5.11 Å². The Morgan fingerprint density at radius 2 is 1.56 bits per heavy atom. The van der Waals surface area contributed by atoms with Gasteiger partial charge in [-0.1, -0.05) is 39.8 Å². The van der Waals surface area contributed by atoms with Crippen molar-refractivity contribution < 1.29 is 5.11 Å². The van der Waals surface area contributed by atoms with Gasteiger partial charge in [-0.05, 0) is 47.9 Å². The lowest BCUT2D eigenvalue weighted by molar-refractivity contribution is 0.172. The molecule has 0 spiro atoms. The van der Waals surface area contributed by atoms with Gasteiger partial charge in [-0.3, -0.25) is 0 Å². The predicted molar refractivity (Wildman–Crippen MR) is 69.9 cm³/mol. The number of aliphatic hydroxyl groups excluding tert-OH is 1. The molecule has 0 saturated heterocycles. The van der Waals surface area contributed by atoms with Gasteiger partial charge in [0.05, 0.1) is 6.10 Å². The normalized spacial score (nSPS) is 13.9. The molecule has 1 rings (SSSR count). The van der Waals surface area contributed by atoms with Crippen LogP contribution in [-0.4, -0.2) is 5.11 Å². The van der Waals surface area contributed by atoms with Crippen LogP contribution in [0.4, 0.5) is 0 Å². The van der Waals surface area contributed by atoms with E-state index in [1.54, 1.807) is 0 Å². The number of aryl methyl sites for hydroxylation is 2. The number of benzene rings is 1. The van der Waals surface area contributed by atoms with E-state index in [0.717, 1.165) is 12.0 Å². The van der Waals surface area contributed by atoms with Crippen LogP contribution in [0.15, 0.2) is 12.1 Å². The topological polar surface area (TPSA) is 20.2 Å². The largest absolute Gasteiger partial charge is 0.388 e. The summed E-state index contributed by atoms with van der Waals surface area (Å²) in [4.78, 5) is 0. The first-order valence-corrected chi connectivity index (χ1v) is 6.07. The molecule has 1 aromatic carbocycles. The van der Waals surface area contributed by atoms with Gasteiger partial charge in [0.1, 0.15) is 0 Å². The fraction of sp³-hybridized carbons (Fsp3) is 0.600. The highest BCUT2D eigenvalue weighted by Crippen LogP contribution is 2.30. The number of rotatable bonds is 2. The maximum Gasteiger partial charge on any atom is 0.0792 e. The fourth-order valence-corrected chi connectivity index (χ4v) is 2.14. The molecule has 1 aromatic rings. The van der Waals surface area contributed by atoms with Crippen LogP contribution in [0.1, 0.15) is 62.5 Å². The summed E-state index contributed by atoms with van der Waals surface area (Å²) < 4.78 is 0. The smallest absolute Gasteiger partial charge is 0.0792 e. The molecule has 90 valence electrons. The second-order valence-corrected chi connectivity index (χ2v) is 5.70. The molecule has 0 aliphatic carbocycles. The molecule has 0 fully saturated rings. The maximum atomic E-state index is 9.98. The molecule has 1 heteroatoms. The van der Waals surface area contributed by atoms with Crippen molar-refractivity contribution in [3.05, 3.63) is 34.4 Å². The van der Waals surface area contributed by atoms with E-state index in [0.29, 0.717) is 0 Å². The third-order valence-corrected chi connectivity index (χ3v) is 3.18. The average molecular weight is 220 g/mol. The Hall–Kier alpha value is -0.820. The Balaban J connectivity index is 3.28. The summed E-state index contributed by atoms with van der Waals surface area (Å²) in [5.41, 5.74) is 5.04. The van der Waals surface area contributed by atoms with Crippen molar-refractivity contribution in [3.8, 4) is 0 Å². The SMILES string of the molecule is CCC(O)c1c(C)cc(C(C)(C)C)cc1C. The van der Waals surface area contributed by atoms with E-state index >= 15 is 0 Å². The average Bonchev–Trinajstić information content (AvgIpc) is 2.14. The molecule has 1 nitrogen and oxygen atoms in total. The number of aliphatic hydroxyl groups is 1. The molecule has 0 aliphatic heterocycles. The van der Waals surface area contributed by atoms with Gasteiger partial charge in [-0.2, -0.15) is 0 Å². The summed E-state index contributed by atoms with van der Waals surface area (Å²) in [6, 6.07) is 4.42. The minimum absolute atomic E-state index is 0.172. The highest BCUT2D eigenvalue weighted by molar-refractivity contribution is 5.41. The molecule has 0 aromatic heterocycles. The summed E-state index contributed by atoms with van der Waals surface area (Å²) in [5.74, 6) is 0. The number of hydrogen-bond acceptors (Lipinski definition) is 1. The first kappa shape index (κ1) is 13.2. The monoisotopic (exact) mass is 220 g/mol. The number of hydrogen-bond donors (Lipinski definition) is 1. The van der Waals surface area contributed by atoms with Crippen LogP contribution in [0.25, 0.3) is 0 Å². The van der Waals surface area contributed by atoms with Crippen LogP contribution >= 0.6 is 0 Å².